The number of hydrogen-bond acceptors (Lipinski definition) is 3. The van der Waals surface area contributed by atoms with Crippen LogP contribution < -0.4 is 4.74 Å². The summed E-state index contributed by atoms with van der Waals surface area (Å²) in [4.78, 5) is 17.9. The minimum Gasteiger partial charge on any atom is -0.497 e. The summed E-state index contributed by atoms with van der Waals surface area (Å²) in [6.07, 6.45) is 3.22. The quantitative estimate of drug-likeness (QED) is 0.862. The Morgan fingerprint density at radius 2 is 2.15 bits per heavy atom. The first-order valence-electron chi connectivity index (χ1n) is 6.09. The van der Waals surface area contributed by atoms with Crippen LogP contribution in [0.4, 0.5) is 0 Å². The predicted octanol–water partition coefficient (Wildman–Crippen LogP) is 3.12. The molecule has 0 spiro atoms. The Labute approximate surface area is 126 Å². The van der Waals surface area contributed by atoms with Gasteiger partial charge in [0, 0.05) is 30.5 Å². The van der Waals surface area contributed by atoms with Crippen molar-refractivity contribution in [2.45, 2.75) is 6.54 Å². The molecule has 1 heterocycles. The van der Waals surface area contributed by atoms with Crippen molar-refractivity contribution in [3.8, 4) is 5.75 Å². The summed E-state index contributed by atoms with van der Waals surface area (Å²) in [5.74, 6) is 0.717. The molecule has 1 amide bonds. The topological polar surface area (TPSA) is 42.4 Å². The molecule has 0 saturated heterocycles. The molecular formula is C15H15BrN2O2. The van der Waals surface area contributed by atoms with Crippen molar-refractivity contribution in [3.63, 3.8) is 0 Å². The van der Waals surface area contributed by atoms with Crippen molar-refractivity contribution in [3.05, 3.63) is 58.3 Å². The number of nitrogens with zero attached hydrogens (tertiary/aromatic N) is 2. The molecule has 2 aromatic rings. The Bertz CT molecular complexity index is 616. The van der Waals surface area contributed by atoms with Crippen LogP contribution in [0.1, 0.15) is 15.9 Å². The van der Waals surface area contributed by atoms with Gasteiger partial charge >= 0.3 is 0 Å². The molecule has 0 aliphatic carbocycles. The van der Waals surface area contributed by atoms with E-state index in [1.165, 1.54) is 0 Å². The van der Waals surface area contributed by atoms with Gasteiger partial charge in [-0.15, -0.1) is 0 Å². The number of carbonyl (C=O) groups is 1. The van der Waals surface area contributed by atoms with E-state index in [-0.39, 0.29) is 5.91 Å². The first kappa shape index (κ1) is 14.5. The fourth-order valence-electron chi connectivity index (χ4n) is 1.87. The minimum absolute atomic E-state index is 0.0679. The van der Waals surface area contributed by atoms with Crippen LogP contribution in [0.25, 0.3) is 0 Å². The van der Waals surface area contributed by atoms with Crippen molar-refractivity contribution < 1.29 is 9.53 Å². The molecule has 0 bridgehead atoms. The van der Waals surface area contributed by atoms with Gasteiger partial charge in [-0.2, -0.15) is 0 Å². The summed E-state index contributed by atoms with van der Waals surface area (Å²) in [5.41, 5.74) is 1.58. The summed E-state index contributed by atoms with van der Waals surface area (Å²) in [7, 11) is 3.39. The van der Waals surface area contributed by atoms with Crippen LogP contribution in [0.2, 0.25) is 0 Å². The van der Waals surface area contributed by atoms with Crippen molar-refractivity contribution in [1.82, 2.24) is 9.88 Å². The SMILES string of the molecule is COc1cccc(CN(C)C(=O)c2cncc(Br)c2)c1. The monoisotopic (exact) mass is 334 g/mol. The lowest BCUT2D eigenvalue weighted by molar-refractivity contribution is 0.0784. The van der Waals surface area contributed by atoms with E-state index in [1.807, 2.05) is 24.3 Å². The van der Waals surface area contributed by atoms with Crippen LogP contribution >= 0.6 is 15.9 Å². The molecule has 1 aromatic heterocycles. The molecule has 0 aliphatic heterocycles. The van der Waals surface area contributed by atoms with Crippen molar-refractivity contribution in [1.29, 1.82) is 0 Å². The Morgan fingerprint density at radius 1 is 1.35 bits per heavy atom. The van der Waals surface area contributed by atoms with E-state index < -0.39 is 0 Å². The largest absolute Gasteiger partial charge is 0.497 e. The fraction of sp³-hybridized carbons (Fsp3) is 0.200. The highest BCUT2D eigenvalue weighted by atomic mass is 79.9. The van der Waals surface area contributed by atoms with Crippen molar-refractivity contribution in [2.24, 2.45) is 0 Å². The number of methoxy groups -OCH3 is 1. The molecule has 104 valence electrons. The van der Waals surface area contributed by atoms with E-state index in [0.29, 0.717) is 12.1 Å². The third-order valence-electron chi connectivity index (χ3n) is 2.85. The zero-order chi connectivity index (χ0) is 14.5. The Kier molecular flexibility index (Phi) is 4.74. The molecule has 20 heavy (non-hydrogen) atoms. The van der Waals surface area contributed by atoms with Crippen molar-refractivity contribution >= 4 is 21.8 Å². The maximum atomic E-state index is 12.3. The molecular weight excluding hydrogens is 320 g/mol. The van der Waals surface area contributed by atoms with E-state index >= 15 is 0 Å². The average Bonchev–Trinajstić information content (AvgIpc) is 2.46. The highest BCUT2D eigenvalue weighted by Crippen LogP contribution is 2.16. The highest BCUT2D eigenvalue weighted by molar-refractivity contribution is 9.10. The van der Waals surface area contributed by atoms with Gasteiger partial charge in [-0.05, 0) is 39.7 Å². The average molecular weight is 335 g/mol. The second-order valence-electron chi connectivity index (χ2n) is 4.40. The second kappa shape index (κ2) is 6.52. The molecule has 0 radical (unpaired) electrons. The van der Waals surface area contributed by atoms with Gasteiger partial charge in [-0.1, -0.05) is 12.1 Å². The summed E-state index contributed by atoms with van der Waals surface area (Å²) < 4.78 is 5.97. The number of rotatable bonds is 4. The van der Waals surface area contributed by atoms with E-state index in [0.717, 1.165) is 15.8 Å². The number of benzene rings is 1. The Hall–Kier alpha value is -1.88. The molecule has 0 aliphatic rings. The molecule has 5 heteroatoms. The van der Waals surface area contributed by atoms with Gasteiger partial charge in [0.05, 0.1) is 12.7 Å². The van der Waals surface area contributed by atoms with Crippen LogP contribution in [0.3, 0.4) is 0 Å². The third-order valence-corrected chi connectivity index (χ3v) is 3.29. The summed E-state index contributed by atoms with van der Waals surface area (Å²) in [5, 5.41) is 0. The molecule has 2 rings (SSSR count). The minimum atomic E-state index is -0.0679. The zero-order valence-corrected chi connectivity index (χ0v) is 12.9. The Morgan fingerprint density at radius 3 is 2.85 bits per heavy atom. The fourth-order valence-corrected chi connectivity index (χ4v) is 2.23. The first-order valence-corrected chi connectivity index (χ1v) is 6.88. The second-order valence-corrected chi connectivity index (χ2v) is 5.32. The van der Waals surface area contributed by atoms with E-state index in [2.05, 4.69) is 20.9 Å². The number of carbonyl (C=O) groups excluding carboxylic acids is 1. The molecule has 0 unspecified atom stereocenters. The van der Waals surface area contributed by atoms with Gasteiger partial charge in [0.2, 0.25) is 0 Å². The zero-order valence-electron chi connectivity index (χ0n) is 11.3. The van der Waals surface area contributed by atoms with E-state index in [9.17, 15) is 4.79 Å². The van der Waals surface area contributed by atoms with Gasteiger partial charge < -0.3 is 9.64 Å². The van der Waals surface area contributed by atoms with E-state index in [4.69, 9.17) is 4.74 Å². The van der Waals surface area contributed by atoms with Crippen LogP contribution in [0.5, 0.6) is 5.75 Å². The number of ether oxygens (including phenoxy) is 1. The molecule has 4 nitrogen and oxygen atoms in total. The molecule has 0 fully saturated rings. The van der Waals surface area contributed by atoms with Gasteiger partial charge in [0.1, 0.15) is 5.75 Å². The lowest BCUT2D eigenvalue weighted by atomic mass is 10.2. The maximum absolute atomic E-state index is 12.3. The molecule has 0 N–H and O–H groups in total. The molecule has 1 aromatic carbocycles. The van der Waals surface area contributed by atoms with Crippen LogP contribution in [-0.4, -0.2) is 29.9 Å². The number of halogens is 1. The normalized spacial score (nSPS) is 10.2. The maximum Gasteiger partial charge on any atom is 0.255 e. The Balaban J connectivity index is 2.11. The van der Waals surface area contributed by atoms with Gasteiger partial charge in [0.25, 0.3) is 5.91 Å². The van der Waals surface area contributed by atoms with Gasteiger partial charge in [-0.3, -0.25) is 9.78 Å². The standard InChI is InChI=1S/C15H15BrN2O2/c1-18(10-11-4-3-5-14(6-11)20-2)15(19)12-7-13(16)9-17-8-12/h3-9H,10H2,1-2H3. The predicted molar refractivity (Wildman–Crippen MR) is 80.7 cm³/mol. The highest BCUT2D eigenvalue weighted by Gasteiger charge is 2.13. The number of aromatic nitrogens is 1. The molecule has 0 saturated carbocycles. The van der Waals surface area contributed by atoms with Crippen molar-refractivity contribution in [2.75, 3.05) is 14.2 Å². The van der Waals surface area contributed by atoms with Crippen LogP contribution in [-0.2, 0) is 6.54 Å². The van der Waals surface area contributed by atoms with E-state index in [1.54, 1.807) is 37.5 Å². The number of amides is 1. The smallest absolute Gasteiger partial charge is 0.255 e. The lowest BCUT2D eigenvalue weighted by Gasteiger charge is -2.17. The molecule has 0 atom stereocenters. The third kappa shape index (κ3) is 3.57. The number of hydrogen-bond donors (Lipinski definition) is 0. The summed E-state index contributed by atoms with van der Waals surface area (Å²) >= 11 is 3.32. The van der Waals surface area contributed by atoms with Gasteiger partial charge in [-0.25, -0.2) is 0 Å². The lowest BCUT2D eigenvalue weighted by Crippen LogP contribution is -2.26. The number of pyridine rings is 1. The summed E-state index contributed by atoms with van der Waals surface area (Å²) in [6.45, 7) is 0.516. The summed E-state index contributed by atoms with van der Waals surface area (Å²) in [6, 6.07) is 9.43. The first-order chi connectivity index (χ1) is 9.60. The van der Waals surface area contributed by atoms with Crippen LogP contribution in [0, 0.1) is 0 Å². The van der Waals surface area contributed by atoms with Gasteiger partial charge in [0.15, 0.2) is 0 Å². The van der Waals surface area contributed by atoms with Crippen LogP contribution in [0.15, 0.2) is 47.2 Å².